The molecule has 8 aromatic rings. The van der Waals surface area contributed by atoms with Gasteiger partial charge in [-0.1, -0.05) is 145 Å². The molecule has 0 unspecified atom stereocenters. The number of carbonyl (C=O) groups excluding carboxylic acids is 8. The Kier molecular flexibility index (Phi) is 21.8. The third kappa shape index (κ3) is 15.3. The zero-order valence-electron chi connectivity index (χ0n) is 48.6. The summed E-state index contributed by atoms with van der Waals surface area (Å²) >= 11 is 24.7. The Morgan fingerprint density at radius 2 is 0.888 bits per heavy atom. The van der Waals surface area contributed by atoms with Crippen LogP contribution in [0, 0.1) is 6.92 Å². The van der Waals surface area contributed by atoms with Crippen LogP contribution in [0.3, 0.4) is 0 Å². The van der Waals surface area contributed by atoms with E-state index in [1.54, 1.807) is 87.5 Å². The molecule has 0 radical (unpaired) electrons. The van der Waals surface area contributed by atoms with E-state index in [2.05, 4.69) is 45.3 Å². The first-order valence-corrected chi connectivity index (χ1v) is 29.1. The first kappa shape index (κ1) is 65.6. The molecule has 22 heteroatoms. The molecule has 10 rings (SSSR count). The van der Waals surface area contributed by atoms with Gasteiger partial charge in [-0.15, -0.1) is 0 Å². The Morgan fingerprint density at radius 3 is 1.35 bits per heavy atom. The Labute approximate surface area is 531 Å². The fraction of sp³-hybridized carbons (Fsp3) is 0.209. The van der Waals surface area contributed by atoms with Gasteiger partial charge in [0.15, 0.2) is 23.1 Å². The predicted octanol–water partition coefficient (Wildman–Crippen LogP) is 14.0. The Bertz CT molecular complexity index is 4140. The van der Waals surface area contributed by atoms with Crippen molar-refractivity contribution in [1.29, 1.82) is 0 Å². The molecule has 0 atom stereocenters. The lowest BCUT2D eigenvalue weighted by atomic mass is 9.98. The zero-order valence-corrected chi connectivity index (χ0v) is 51.6. The fourth-order valence-electron chi connectivity index (χ4n) is 9.21. The SMILES string of the molecule is C=C(C)C(=O)OCCCOc1cccc2ccc(C3C(=O)c4c(Cl)c(Cl)c(Cl)c(Cl)c4C3=O)nc12.C=C(C)C(=O)OCCCOc1cccc2ccc(C3C(=O)c4ccccc4C3=O)nc12.C=C(C)C(=O)OCCNC(=O)Nc1cccc2ccc(C)nc12. The van der Waals surface area contributed by atoms with Gasteiger partial charge in [0.05, 0.1) is 86.8 Å². The van der Waals surface area contributed by atoms with E-state index in [4.69, 9.17) is 70.1 Å². The van der Waals surface area contributed by atoms with Crippen molar-refractivity contribution in [3.63, 3.8) is 0 Å². The Balaban J connectivity index is 0.000000176. The maximum absolute atomic E-state index is 13.2. The van der Waals surface area contributed by atoms with Crippen LogP contribution in [-0.4, -0.2) is 102 Å². The highest BCUT2D eigenvalue weighted by Gasteiger charge is 2.45. The minimum atomic E-state index is -1.24. The van der Waals surface area contributed by atoms with Crippen molar-refractivity contribution in [3.8, 4) is 11.5 Å². The number of urea groups is 1. The summed E-state index contributed by atoms with van der Waals surface area (Å²) in [4.78, 5) is 112. The van der Waals surface area contributed by atoms with E-state index >= 15 is 0 Å². The van der Waals surface area contributed by atoms with Gasteiger partial charge in [0.1, 0.15) is 41.0 Å². The maximum Gasteiger partial charge on any atom is 0.333 e. The highest BCUT2D eigenvalue weighted by molar-refractivity contribution is 6.56. The van der Waals surface area contributed by atoms with Crippen LogP contribution in [0.15, 0.2) is 152 Å². The number of para-hydroxylation sites is 3. The lowest BCUT2D eigenvalue weighted by Crippen LogP contribution is -2.32. The number of hydrogen-bond donors (Lipinski definition) is 2. The van der Waals surface area contributed by atoms with E-state index in [0.717, 1.165) is 27.4 Å². The van der Waals surface area contributed by atoms with Crippen LogP contribution in [0.2, 0.25) is 20.1 Å². The first-order chi connectivity index (χ1) is 42.6. The van der Waals surface area contributed by atoms with Crippen molar-refractivity contribution in [2.24, 2.45) is 0 Å². The molecule has 0 saturated carbocycles. The van der Waals surface area contributed by atoms with Crippen LogP contribution in [0.1, 0.15) is 104 Å². The quantitative estimate of drug-likeness (QED) is 0.0145. The zero-order chi connectivity index (χ0) is 64.2. The standard InChI is InChI=1S/C25H17Cl4NO5.C25H21NO5.C17H19N3O3/c1-11(2)25(33)35-10-4-9-34-14-6-3-5-12-7-8-13(30-22(12)14)15-23(31)16-17(24(15)32)19(27)21(29)20(28)18(16)26;1-15(2)25(29)31-14-6-13-30-20-10-5-7-16-11-12-19(26-22(16)20)21-23(27)17-8-3-4-9-18(17)24(21)28;1-11(2)16(21)23-10-9-18-17(22)20-14-6-4-5-13-8-7-12(3)19-15(13)14/h3,5-8,15H,1,4,9-10H2,2H3;3-5,7-12,21H,1,6,13-14H2,2H3;4-8H,1,9-10H2,2-3H3,(H2,18,20,22). The number of esters is 3. The van der Waals surface area contributed by atoms with Crippen molar-refractivity contribution in [3.05, 3.63) is 211 Å². The van der Waals surface area contributed by atoms with Crippen LogP contribution in [0.25, 0.3) is 32.7 Å². The summed E-state index contributed by atoms with van der Waals surface area (Å²) in [6.07, 6.45) is 0.951. The number of ether oxygens (including phenoxy) is 5. The second kappa shape index (κ2) is 29.6. The normalized spacial score (nSPS) is 12.5. The van der Waals surface area contributed by atoms with Gasteiger partial charge >= 0.3 is 23.9 Å². The third-order valence-electron chi connectivity index (χ3n) is 13.6. The third-order valence-corrected chi connectivity index (χ3v) is 15.4. The van der Waals surface area contributed by atoms with Gasteiger partial charge in [0.2, 0.25) is 0 Å². The lowest BCUT2D eigenvalue weighted by molar-refractivity contribution is -0.140. The molecule has 5 aromatic carbocycles. The smallest absolute Gasteiger partial charge is 0.333 e. The average molecular weight is 1280 g/mol. The number of halogens is 4. The lowest BCUT2D eigenvalue weighted by Gasteiger charge is -2.12. The molecular formula is C67H57Cl4N5O13. The predicted molar refractivity (Wildman–Crippen MR) is 340 cm³/mol. The van der Waals surface area contributed by atoms with Crippen molar-refractivity contribution in [2.45, 2.75) is 52.4 Å². The number of nitrogens with zero attached hydrogens (tertiary/aromatic N) is 3. The second-order valence-corrected chi connectivity index (χ2v) is 21.9. The van der Waals surface area contributed by atoms with E-state index < -0.39 is 41.3 Å². The summed E-state index contributed by atoms with van der Waals surface area (Å²) in [5, 5.41) is 7.50. The Hall–Kier alpha value is -9.33. The number of pyridine rings is 3. The molecule has 0 spiro atoms. The van der Waals surface area contributed by atoms with E-state index in [9.17, 15) is 38.4 Å². The number of nitrogens with one attached hydrogen (secondary N) is 2. The number of ketones is 4. The summed E-state index contributed by atoms with van der Waals surface area (Å²) < 4.78 is 26.7. The van der Waals surface area contributed by atoms with Crippen molar-refractivity contribution in [1.82, 2.24) is 20.3 Å². The molecule has 0 saturated heterocycles. The fourth-order valence-corrected chi connectivity index (χ4v) is 10.2. The first-order valence-electron chi connectivity index (χ1n) is 27.6. The van der Waals surface area contributed by atoms with Gasteiger partial charge in [0.25, 0.3) is 0 Å². The number of amides is 2. The molecule has 89 heavy (non-hydrogen) atoms. The summed E-state index contributed by atoms with van der Waals surface area (Å²) in [7, 11) is 0. The molecule has 3 heterocycles. The van der Waals surface area contributed by atoms with Crippen LogP contribution in [-0.2, 0) is 28.6 Å². The summed E-state index contributed by atoms with van der Waals surface area (Å²) in [6, 6.07) is 33.7. The number of fused-ring (bicyclic) bond motifs is 5. The number of anilines is 1. The van der Waals surface area contributed by atoms with Gasteiger partial charge in [-0.2, -0.15) is 0 Å². The van der Waals surface area contributed by atoms with Crippen LogP contribution >= 0.6 is 46.4 Å². The highest BCUT2D eigenvalue weighted by atomic mass is 35.5. The minimum absolute atomic E-state index is 0.0585. The molecule has 2 aliphatic carbocycles. The molecule has 0 bridgehead atoms. The second-order valence-electron chi connectivity index (χ2n) is 20.4. The van der Waals surface area contributed by atoms with Gasteiger partial charge in [0, 0.05) is 62.5 Å². The average Bonchev–Trinajstić information content (AvgIpc) is 1.79. The van der Waals surface area contributed by atoms with Gasteiger partial charge in [-0.3, -0.25) is 24.2 Å². The maximum atomic E-state index is 13.2. The molecule has 0 aliphatic heterocycles. The number of Topliss-reactive ketones (excluding diaryl/α,β-unsaturated/α-hetero) is 4. The van der Waals surface area contributed by atoms with E-state index in [-0.39, 0.29) is 87.5 Å². The van der Waals surface area contributed by atoms with E-state index in [0.29, 0.717) is 81.2 Å². The summed E-state index contributed by atoms with van der Waals surface area (Å²) in [5.74, 6) is -4.12. The molecule has 456 valence electrons. The molecule has 0 fully saturated rings. The van der Waals surface area contributed by atoms with Crippen LogP contribution < -0.4 is 20.1 Å². The number of carbonyl (C=O) groups is 8. The monoisotopic (exact) mass is 1280 g/mol. The number of rotatable bonds is 19. The van der Waals surface area contributed by atoms with Gasteiger partial charge in [-0.05, 0) is 64.1 Å². The van der Waals surface area contributed by atoms with Gasteiger partial charge < -0.3 is 34.3 Å². The van der Waals surface area contributed by atoms with E-state index in [1.165, 1.54) is 0 Å². The Morgan fingerprint density at radius 1 is 0.472 bits per heavy atom. The number of aromatic nitrogens is 3. The molecule has 2 N–H and O–H groups in total. The molecule has 18 nitrogen and oxygen atoms in total. The van der Waals surface area contributed by atoms with E-state index in [1.807, 2.05) is 55.5 Å². The van der Waals surface area contributed by atoms with Crippen LogP contribution in [0.5, 0.6) is 11.5 Å². The van der Waals surface area contributed by atoms with Crippen molar-refractivity contribution in [2.75, 3.05) is 44.9 Å². The number of benzene rings is 5. The number of aryl methyl sites for hydroxylation is 1. The molecule has 2 amide bonds. The molecule has 3 aromatic heterocycles. The van der Waals surface area contributed by atoms with Gasteiger partial charge in [-0.25, -0.2) is 29.1 Å². The largest absolute Gasteiger partial charge is 0.491 e. The topological polar surface area (TPSA) is 245 Å². The van der Waals surface area contributed by atoms with Crippen molar-refractivity contribution >= 4 is 132 Å². The highest BCUT2D eigenvalue weighted by Crippen LogP contribution is 2.48. The minimum Gasteiger partial charge on any atom is -0.491 e. The molecular weight excluding hydrogens is 1220 g/mol. The number of hydrogen-bond acceptors (Lipinski definition) is 16. The summed E-state index contributed by atoms with van der Waals surface area (Å²) in [6.45, 7) is 18.4. The van der Waals surface area contributed by atoms with Crippen molar-refractivity contribution < 1.29 is 62.0 Å². The summed E-state index contributed by atoms with van der Waals surface area (Å²) in [5.41, 5.74) is 5.66. The molecule has 2 aliphatic rings. The van der Waals surface area contributed by atoms with Crippen LogP contribution in [0.4, 0.5) is 10.5 Å².